The summed E-state index contributed by atoms with van der Waals surface area (Å²) in [6, 6.07) is 19.0. The van der Waals surface area contributed by atoms with E-state index < -0.39 is 0 Å². The predicted octanol–water partition coefficient (Wildman–Crippen LogP) is 4.72. The van der Waals surface area contributed by atoms with Gasteiger partial charge >= 0.3 is 6.03 Å². The molecule has 0 unspecified atom stereocenters. The van der Waals surface area contributed by atoms with E-state index in [0.717, 1.165) is 30.2 Å². The Morgan fingerprint density at radius 2 is 1.59 bits per heavy atom. The molecule has 0 spiro atoms. The Morgan fingerprint density at radius 1 is 0.838 bits per heavy atom. The highest BCUT2D eigenvalue weighted by atomic mass is 16.2. The van der Waals surface area contributed by atoms with E-state index in [9.17, 15) is 9.59 Å². The fraction of sp³-hybridized carbons (Fsp3) is 0.467. The Morgan fingerprint density at radius 3 is 2.32 bits per heavy atom. The average molecular weight is 500 g/mol. The number of rotatable bonds is 5. The van der Waals surface area contributed by atoms with E-state index in [0.29, 0.717) is 18.9 Å². The van der Waals surface area contributed by atoms with Gasteiger partial charge in [-0.25, -0.2) is 4.79 Å². The summed E-state index contributed by atoms with van der Waals surface area (Å²) in [4.78, 5) is 30.7. The fourth-order valence-corrected chi connectivity index (χ4v) is 6.50. The van der Waals surface area contributed by atoms with E-state index in [1.807, 2.05) is 6.07 Å². The molecule has 3 saturated heterocycles. The van der Waals surface area contributed by atoms with Crippen LogP contribution in [0.5, 0.6) is 0 Å². The van der Waals surface area contributed by atoms with Crippen LogP contribution in [0.15, 0.2) is 54.6 Å². The summed E-state index contributed by atoms with van der Waals surface area (Å²) in [6.07, 6.45) is 5.28. The highest BCUT2D eigenvalue weighted by Crippen LogP contribution is 2.34. The molecule has 3 fully saturated rings. The maximum atomic E-state index is 12.3. The number of aryl methyl sites for hydroxylation is 1. The predicted molar refractivity (Wildman–Crippen MR) is 148 cm³/mol. The van der Waals surface area contributed by atoms with E-state index in [-0.39, 0.29) is 11.9 Å². The van der Waals surface area contributed by atoms with Crippen LogP contribution in [-0.4, -0.2) is 60.7 Å². The zero-order chi connectivity index (χ0) is 25.4. The lowest BCUT2D eigenvalue weighted by molar-refractivity contribution is -0.120. The number of nitrogens with one attached hydrogen (secondary N) is 1. The molecule has 1 N–H and O–H groups in total. The number of hydrogen-bond donors (Lipinski definition) is 1. The van der Waals surface area contributed by atoms with Gasteiger partial charge in [-0.05, 0) is 75.0 Å². The highest BCUT2D eigenvalue weighted by molar-refractivity contribution is 6.06. The summed E-state index contributed by atoms with van der Waals surface area (Å²) >= 11 is 0. The lowest BCUT2D eigenvalue weighted by Gasteiger charge is -2.38. The number of carbonyl (C=O) groups excluding carboxylic acids is 2. The van der Waals surface area contributed by atoms with Gasteiger partial charge in [0.15, 0.2) is 0 Å². The summed E-state index contributed by atoms with van der Waals surface area (Å²) < 4.78 is 2.31. The number of fused-ring (bicyclic) bond motifs is 1. The molecule has 0 bridgehead atoms. The molecule has 1 aromatic heterocycles. The second kappa shape index (κ2) is 10.2. The molecule has 194 valence electrons. The molecule has 3 aromatic rings. The van der Waals surface area contributed by atoms with Crippen LogP contribution in [0.1, 0.15) is 43.7 Å². The molecule has 3 aliphatic heterocycles. The minimum Gasteiger partial charge on any atom is -0.372 e. The largest absolute Gasteiger partial charge is 0.372 e. The topological polar surface area (TPSA) is 60.8 Å². The minimum absolute atomic E-state index is 0.201. The van der Waals surface area contributed by atoms with E-state index in [2.05, 4.69) is 75.3 Å². The number of aromatic nitrogens is 1. The molecule has 3 aliphatic rings. The molecule has 37 heavy (non-hydrogen) atoms. The Bertz CT molecular complexity index is 1270. The van der Waals surface area contributed by atoms with Crippen molar-refractivity contribution in [2.24, 2.45) is 13.0 Å². The van der Waals surface area contributed by atoms with Crippen LogP contribution in [0.4, 0.5) is 16.2 Å². The van der Waals surface area contributed by atoms with Gasteiger partial charge < -0.3 is 14.4 Å². The van der Waals surface area contributed by atoms with Gasteiger partial charge in [-0.1, -0.05) is 24.3 Å². The summed E-state index contributed by atoms with van der Waals surface area (Å²) in [5.74, 6) is 1.16. The van der Waals surface area contributed by atoms with Crippen molar-refractivity contribution < 1.29 is 9.59 Å². The van der Waals surface area contributed by atoms with Gasteiger partial charge in [0.05, 0.1) is 5.52 Å². The number of anilines is 2. The van der Waals surface area contributed by atoms with Crippen LogP contribution in [-0.2, 0) is 11.8 Å². The molecule has 7 heteroatoms. The van der Waals surface area contributed by atoms with Gasteiger partial charge in [0, 0.05) is 68.0 Å². The number of likely N-dealkylation sites (tertiary alicyclic amines) is 1. The number of urea groups is 1. The van der Waals surface area contributed by atoms with Gasteiger partial charge in [0.25, 0.3) is 0 Å². The fourth-order valence-electron chi connectivity index (χ4n) is 6.50. The standard InChI is InChI=1S/C30H37N5O2/c1-32-27(19-24-7-8-26(20-28(24)32)35-18-13-29(36)31-30(35)37)23-11-14-33(15-12-23)21-22-9-16-34(17-10-22)25-5-3-2-4-6-25/h2-8,19-20,22-23H,9-18,21H2,1H3,(H,31,36,37). The van der Waals surface area contributed by atoms with Crippen LogP contribution >= 0.6 is 0 Å². The van der Waals surface area contributed by atoms with Gasteiger partial charge in [-0.3, -0.25) is 15.0 Å². The van der Waals surface area contributed by atoms with Crippen LogP contribution in [0.3, 0.4) is 0 Å². The maximum Gasteiger partial charge on any atom is 0.328 e. The normalized spacial score (nSPS) is 20.6. The van der Waals surface area contributed by atoms with Crippen LogP contribution in [0.25, 0.3) is 10.9 Å². The Hall–Kier alpha value is -3.32. The van der Waals surface area contributed by atoms with Gasteiger partial charge in [-0.15, -0.1) is 0 Å². The lowest BCUT2D eigenvalue weighted by atomic mass is 9.91. The second-order valence-corrected chi connectivity index (χ2v) is 11.0. The minimum atomic E-state index is -0.330. The Kier molecular flexibility index (Phi) is 6.63. The monoisotopic (exact) mass is 499 g/mol. The van der Waals surface area contributed by atoms with Crippen LogP contribution < -0.4 is 15.1 Å². The van der Waals surface area contributed by atoms with E-state index in [4.69, 9.17) is 0 Å². The smallest absolute Gasteiger partial charge is 0.328 e. The molecule has 4 heterocycles. The summed E-state index contributed by atoms with van der Waals surface area (Å²) in [5.41, 5.74) is 4.74. The van der Waals surface area contributed by atoms with E-state index in [1.165, 1.54) is 62.1 Å². The van der Waals surface area contributed by atoms with Crippen molar-refractivity contribution >= 4 is 34.2 Å². The van der Waals surface area contributed by atoms with Gasteiger partial charge in [-0.2, -0.15) is 0 Å². The Labute approximate surface area is 219 Å². The molecular weight excluding hydrogens is 462 g/mol. The van der Waals surface area contributed by atoms with E-state index in [1.54, 1.807) is 4.90 Å². The van der Waals surface area contributed by atoms with Crippen LogP contribution in [0, 0.1) is 5.92 Å². The third-order valence-corrected chi connectivity index (χ3v) is 8.69. The van der Waals surface area contributed by atoms with E-state index >= 15 is 0 Å². The van der Waals surface area contributed by atoms with Crippen molar-refractivity contribution in [2.45, 2.75) is 38.0 Å². The highest BCUT2D eigenvalue weighted by Gasteiger charge is 2.28. The van der Waals surface area contributed by atoms with Crippen molar-refractivity contribution in [1.82, 2.24) is 14.8 Å². The van der Waals surface area contributed by atoms with Crippen molar-refractivity contribution in [3.63, 3.8) is 0 Å². The van der Waals surface area contributed by atoms with Gasteiger partial charge in [0.1, 0.15) is 0 Å². The quantitative estimate of drug-likeness (QED) is 0.552. The third-order valence-electron chi connectivity index (χ3n) is 8.69. The third kappa shape index (κ3) is 4.97. The Balaban J connectivity index is 1.05. The van der Waals surface area contributed by atoms with Crippen molar-refractivity contribution in [2.75, 3.05) is 49.1 Å². The van der Waals surface area contributed by atoms with Crippen molar-refractivity contribution in [3.8, 4) is 0 Å². The SMILES string of the molecule is Cn1c(C2CCN(CC3CCN(c4ccccc4)CC3)CC2)cc2ccc(N3CCC(=O)NC3=O)cc21. The number of hydrogen-bond acceptors (Lipinski definition) is 4. The molecule has 6 rings (SSSR count). The molecule has 0 saturated carbocycles. The maximum absolute atomic E-state index is 12.3. The summed E-state index contributed by atoms with van der Waals surface area (Å²) in [5, 5.41) is 3.64. The number of piperidine rings is 2. The lowest BCUT2D eigenvalue weighted by Crippen LogP contribution is -2.49. The van der Waals surface area contributed by atoms with Gasteiger partial charge in [0.2, 0.25) is 5.91 Å². The first-order valence-electron chi connectivity index (χ1n) is 13.8. The number of para-hydroxylation sites is 1. The molecule has 7 nitrogen and oxygen atoms in total. The van der Waals surface area contributed by atoms with Crippen molar-refractivity contribution in [3.05, 3.63) is 60.3 Å². The summed E-state index contributed by atoms with van der Waals surface area (Å²) in [6.45, 7) is 6.32. The molecule has 3 amide bonds. The average Bonchev–Trinajstić information content (AvgIpc) is 3.26. The molecule has 0 radical (unpaired) electrons. The number of nitrogens with zero attached hydrogens (tertiary/aromatic N) is 4. The second-order valence-electron chi connectivity index (χ2n) is 11.0. The molecule has 0 aliphatic carbocycles. The first-order valence-corrected chi connectivity index (χ1v) is 13.8. The zero-order valence-electron chi connectivity index (χ0n) is 21.7. The number of amides is 3. The number of imide groups is 1. The molecular formula is C30H37N5O2. The summed E-state index contributed by atoms with van der Waals surface area (Å²) in [7, 11) is 2.15. The molecule has 0 atom stereocenters. The first-order chi connectivity index (χ1) is 18.0. The number of benzene rings is 2. The first kappa shape index (κ1) is 24.0. The molecule has 2 aromatic carbocycles. The van der Waals surface area contributed by atoms with Crippen molar-refractivity contribution in [1.29, 1.82) is 0 Å². The number of carbonyl (C=O) groups is 2. The zero-order valence-corrected chi connectivity index (χ0v) is 21.7. The van der Waals surface area contributed by atoms with Crippen LogP contribution in [0.2, 0.25) is 0 Å².